The molecule has 1 amide bonds. The minimum absolute atomic E-state index is 0.168. The van der Waals surface area contributed by atoms with Gasteiger partial charge in [0, 0.05) is 25.3 Å². The second kappa shape index (κ2) is 7.76. The Morgan fingerprint density at radius 3 is 2.69 bits per heavy atom. The number of amides is 1. The van der Waals surface area contributed by atoms with E-state index in [9.17, 15) is 14.7 Å². The molecule has 2 saturated carbocycles. The van der Waals surface area contributed by atoms with Crippen LogP contribution < -0.4 is 15.1 Å². The lowest BCUT2D eigenvalue weighted by Crippen LogP contribution is -2.41. The molecule has 1 spiro atoms. The van der Waals surface area contributed by atoms with Crippen LogP contribution in [0, 0.1) is 5.41 Å². The smallest absolute Gasteiger partial charge is 0.335 e. The van der Waals surface area contributed by atoms with Crippen molar-refractivity contribution in [2.45, 2.75) is 57.9 Å². The van der Waals surface area contributed by atoms with Crippen molar-refractivity contribution < 1.29 is 14.7 Å². The number of hydrogen-bond donors (Lipinski definition) is 2. The Bertz CT molecular complexity index is 1080. The fraction of sp³-hybridized carbons (Fsp3) is 0.500. The van der Waals surface area contributed by atoms with Crippen molar-refractivity contribution in [3.8, 4) is 0 Å². The molecule has 1 aliphatic heterocycles. The zero-order valence-corrected chi connectivity index (χ0v) is 18.6. The van der Waals surface area contributed by atoms with Crippen LogP contribution in [0.1, 0.15) is 61.4 Å². The molecule has 8 heteroatoms. The average Bonchev–Trinajstić information content (AvgIpc) is 3.40. The first-order valence-corrected chi connectivity index (χ1v) is 11.5. The summed E-state index contributed by atoms with van der Waals surface area (Å²) in [7, 11) is 1.83. The Morgan fingerprint density at radius 1 is 1.28 bits per heavy atom. The number of benzene rings is 1. The molecule has 32 heavy (non-hydrogen) atoms. The normalized spacial score (nSPS) is 19.8. The third-order valence-electron chi connectivity index (χ3n) is 7.21. The van der Waals surface area contributed by atoms with E-state index in [-0.39, 0.29) is 16.9 Å². The number of hydrogen-bond acceptors (Lipinski definition) is 6. The summed E-state index contributed by atoms with van der Waals surface area (Å²) < 4.78 is 0. The molecular weight excluding hydrogens is 406 g/mol. The van der Waals surface area contributed by atoms with Crippen LogP contribution in [0.2, 0.25) is 0 Å². The van der Waals surface area contributed by atoms with Gasteiger partial charge >= 0.3 is 5.97 Å². The number of fused-ring (bicyclic) bond motifs is 1. The van der Waals surface area contributed by atoms with E-state index in [1.54, 1.807) is 29.3 Å². The second-order valence-corrected chi connectivity index (χ2v) is 9.27. The van der Waals surface area contributed by atoms with E-state index in [1.807, 2.05) is 14.0 Å². The molecule has 0 atom stereocenters. The van der Waals surface area contributed by atoms with Gasteiger partial charge in [0.25, 0.3) is 0 Å². The molecule has 2 aromatic rings. The van der Waals surface area contributed by atoms with Gasteiger partial charge in [0.15, 0.2) is 5.82 Å². The third kappa shape index (κ3) is 3.47. The summed E-state index contributed by atoms with van der Waals surface area (Å²) in [5.41, 5.74) is 2.42. The lowest BCUT2D eigenvalue weighted by Gasteiger charge is -2.31. The molecule has 1 aromatic carbocycles. The van der Waals surface area contributed by atoms with Gasteiger partial charge in [-0.2, -0.15) is 4.98 Å². The molecule has 1 aromatic heterocycles. The van der Waals surface area contributed by atoms with E-state index in [0.717, 1.165) is 55.0 Å². The van der Waals surface area contributed by atoms with E-state index in [0.29, 0.717) is 18.4 Å². The van der Waals surface area contributed by atoms with Gasteiger partial charge in [-0.25, -0.2) is 9.78 Å². The number of carboxylic acid groups (broad SMARTS) is 1. The molecule has 8 nitrogen and oxygen atoms in total. The Hall–Kier alpha value is -3.16. The number of carbonyl (C=O) groups is 2. The predicted molar refractivity (Wildman–Crippen MR) is 123 cm³/mol. The lowest BCUT2D eigenvalue weighted by molar-refractivity contribution is -0.122. The van der Waals surface area contributed by atoms with E-state index in [1.165, 1.54) is 12.8 Å². The Balaban J connectivity index is 1.52. The first-order chi connectivity index (χ1) is 15.4. The van der Waals surface area contributed by atoms with E-state index in [4.69, 9.17) is 4.98 Å². The number of carboxylic acids is 1. The van der Waals surface area contributed by atoms with Gasteiger partial charge in [0.1, 0.15) is 5.69 Å². The summed E-state index contributed by atoms with van der Waals surface area (Å²) in [6.45, 7) is 2.71. The number of rotatable bonds is 5. The van der Waals surface area contributed by atoms with Gasteiger partial charge in [-0.3, -0.25) is 4.79 Å². The number of aryl methyl sites for hydroxylation is 1. The molecule has 0 saturated heterocycles. The fourth-order valence-electron chi connectivity index (χ4n) is 5.11. The van der Waals surface area contributed by atoms with E-state index in [2.05, 4.69) is 15.2 Å². The number of aromatic carboxylic acids is 1. The topological polar surface area (TPSA) is 98.7 Å². The number of nitrogens with zero attached hydrogens (tertiary/aromatic N) is 4. The minimum atomic E-state index is -0.943. The van der Waals surface area contributed by atoms with E-state index < -0.39 is 5.97 Å². The SMILES string of the molecule is CCc1cc(C(=O)O)ccc1Nc1ncc2c(n1)N(C1CCCC1)CC1(CC1)C(=O)N2C. The van der Waals surface area contributed by atoms with Crippen LogP contribution >= 0.6 is 0 Å². The van der Waals surface area contributed by atoms with Crippen LogP contribution in [0.25, 0.3) is 0 Å². The van der Waals surface area contributed by atoms with Crippen molar-refractivity contribution in [2.24, 2.45) is 5.41 Å². The molecule has 0 radical (unpaired) electrons. The minimum Gasteiger partial charge on any atom is -0.478 e. The van der Waals surface area contributed by atoms with Gasteiger partial charge in [-0.05, 0) is 55.9 Å². The number of anilines is 4. The highest BCUT2D eigenvalue weighted by Gasteiger charge is 2.55. The second-order valence-electron chi connectivity index (χ2n) is 9.27. The summed E-state index contributed by atoms with van der Waals surface area (Å²) in [6, 6.07) is 5.43. The van der Waals surface area contributed by atoms with Crippen molar-refractivity contribution in [3.63, 3.8) is 0 Å². The highest BCUT2D eigenvalue weighted by atomic mass is 16.4. The van der Waals surface area contributed by atoms with Crippen molar-refractivity contribution in [1.82, 2.24) is 9.97 Å². The van der Waals surface area contributed by atoms with Crippen molar-refractivity contribution in [2.75, 3.05) is 28.7 Å². The Morgan fingerprint density at radius 2 is 2.03 bits per heavy atom. The summed E-state index contributed by atoms with van der Waals surface area (Å²) >= 11 is 0. The number of aromatic nitrogens is 2. The molecule has 2 fully saturated rings. The maximum Gasteiger partial charge on any atom is 0.335 e. The maximum absolute atomic E-state index is 13.2. The van der Waals surface area contributed by atoms with Gasteiger partial charge in [-0.15, -0.1) is 0 Å². The first-order valence-electron chi connectivity index (χ1n) is 11.5. The summed E-state index contributed by atoms with van der Waals surface area (Å²) in [5.74, 6) is 0.494. The molecule has 0 bridgehead atoms. The third-order valence-corrected chi connectivity index (χ3v) is 7.21. The van der Waals surface area contributed by atoms with Crippen LogP contribution in [0.5, 0.6) is 0 Å². The summed E-state index contributed by atoms with van der Waals surface area (Å²) in [6.07, 6.45) is 8.95. The molecule has 0 unspecified atom stereocenters. The monoisotopic (exact) mass is 435 g/mol. The van der Waals surface area contributed by atoms with Crippen LogP contribution in [-0.4, -0.2) is 46.6 Å². The van der Waals surface area contributed by atoms with Crippen LogP contribution in [0.4, 0.5) is 23.1 Å². The molecule has 2 N–H and O–H groups in total. The summed E-state index contributed by atoms with van der Waals surface area (Å²) in [4.78, 5) is 38.0. The van der Waals surface area contributed by atoms with Crippen molar-refractivity contribution in [3.05, 3.63) is 35.5 Å². The predicted octanol–water partition coefficient (Wildman–Crippen LogP) is 3.99. The molecule has 168 valence electrons. The lowest BCUT2D eigenvalue weighted by atomic mass is 10.0. The molecule has 5 rings (SSSR count). The van der Waals surface area contributed by atoms with Crippen molar-refractivity contribution >= 4 is 35.0 Å². The zero-order valence-electron chi connectivity index (χ0n) is 18.6. The number of nitrogens with one attached hydrogen (secondary N) is 1. The van der Waals surface area contributed by atoms with E-state index >= 15 is 0 Å². The van der Waals surface area contributed by atoms with Gasteiger partial charge < -0.3 is 20.2 Å². The van der Waals surface area contributed by atoms with Gasteiger partial charge in [0.2, 0.25) is 11.9 Å². The quantitative estimate of drug-likeness (QED) is 0.733. The van der Waals surface area contributed by atoms with Crippen molar-refractivity contribution in [1.29, 1.82) is 0 Å². The highest BCUT2D eigenvalue weighted by molar-refractivity contribution is 6.02. The molecule has 2 aliphatic carbocycles. The summed E-state index contributed by atoms with van der Waals surface area (Å²) in [5, 5.41) is 12.6. The maximum atomic E-state index is 13.2. The fourth-order valence-corrected chi connectivity index (χ4v) is 5.11. The Labute approximate surface area is 187 Å². The van der Waals surface area contributed by atoms with Crippen LogP contribution in [0.15, 0.2) is 24.4 Å². The van der Waals surface area contributed by atoms with Crippen LogP contribution in [-0.2, 0) is 11.2 Å². The molecular formula is C24H29N5O3. The first kappa shape index (κ1) is 20.7. The van der Waals surface area contributed by atoms with Gasteiger partial charge in [0.05, 0.1) is 17.2 Å². The van der Waals surface area contributed by atoms with Crippen LogP contribution in [0.3, 0.4) is 0 Å². The standard InChI is InChI=1S/C24H29N5O3/c1-3-15-12-16(21(30)31)8-9-18(15)26-23-25-13-19-20(27-23)29(17-6-4-5-7-17)14-24(10-11-24)22(32)28(19)2/h8-9,12-13,17H,3-7,10-11,14H2,1-2H3,(H,30,31)(H,25,26,27). The Kier molecular flexibility index (Phi) is 5.03. The average molecular weight is 436 g/mol. The zero-order chi connectivity index (χ0) is 22.5. The van der Waals surface area contributed by atoms with Gasteiger partial charge in [-0.1, -0.05) is 19.8 Å². The molecule has 2 heterocycles. The largest absolute Gasteiger partial charge is 0.478 e. The molecule has 3 aliphatic rings. The highest BCUT2D eigenvalue weighted by Crippen LogP contribution is 2.52. The number of carbonyl (C=O) groups excluding carboxylic acids is 1.